The Morgan fingerprint density at radius 2 is 1.89 bits per heavy atom. The second-order valence-corrected chi connectivity index (χ2v) is 6.90. The Hall–Kier alpha value is -2.76. The van der Waals surface area contributed by atoms with E-state index in [0.717, 1.165) is 11.1 Å². The molecule has 0 bridgehead atoms. The number of allylic oxidation sites excluding steroid dienone is 1. The van der Waals surface area contributed by atoms with Gasteiger partial charge >= 0.3 is 5.97 Å². The van der Waals surface area contributed by atoms with E-state index in [0.29, 0.717) is 22.0 Å². The molecule has 7 heteroatoms. The van der Waals surface area contributed by atoms with Crippen molar-refractivity contribution >= 4 is 40.1 Å². The van der Waals surface area contributed by atoms with Gasteiger partial charge in [-0.1, -0.05) is 48.0 Å². The number of hydrogen-bond donors (Lipinski definition) is 2. The van der Waals surface area contributed by atoms with Gasteiger partial charge < -0.3 is 14.8 Å². The van der Waals surface area contributed by atoms with Gasteiger partial charge in [-0.15, -0.1) is 0 Å². The van der Waals surface area contributed by atoms with Gasteiger partial charge in [0.05, 0.1) is 22.1 Å². The third kappa shape index (κ3) is 3.84. The zero-order valence-electron chi connectivity index (χ0n) is 14.1. The molecule has 0 aliphatic rings. The summed E-state index contributed by atoms with van der Waals surface area (Å²) in [6.07, 6.45) is 1.64. The normalized spacial score (nSPS) is 10.9. The Morgan fingerprint density at radius 3 is 2.56 bits per heavy atom. The van der Waals surface area contributed by atoms with Gasteiger partial charge in [-0.3, -0.25) is 4.79 Å². The van der Waals surface area contributed by atoms with Crippen molar-refractivity contribution in [3.63, 3.8) is 0 Å². The van der Waals surface area contributed by atoms with Crippen LogP contribution < -0.4 is 5.43 Å². The molecule has 0 atom stereocenters. The first-order chi connectivity index (χ1) is 12.8. The smallest absolute Gasteiger partial charge is 0.341 e. The zero-order valence-corrected chi connectivity index (χ0v) is 15.6. The van der Waals surface area contributed by atoms with E-state index in [4.69, 9.17) is 23.2 Å². The first kappa shape index (κ1) is 19.0. The molecule has 0 saturated heterocycles. The van der Waals surface area contributed by atoms with E-state index in [2.05, 4.69) is 6.58 Å². The van der Waals surface area contributed by atoms with Gasteiger partial charge in [-0.05, 0) is 35.7 Å². The summed E-state index contributed by atoms with van der Waals surface area (Å²) < 4.78 is 1.48. The van der Waals surface area contributed by atoms with Crippen molar-refractivity contribution in [1.29, 1.82) is 0 Å². The van der Waals surface area contributed by atoms with E-state index in [9.17, 15) is 19.8 Å². The van der Waals surface area contributed by atoms with Gasteiger partial charge in [-0.25, -0.2) is 4.79 Å². The highest BCUT2D eigenvalue weighted by atomic mass is 35.5. The summed E-state index contributed by atoms with van der Waals surface area (Å²) in [7, 11) is 0. The molecular weight excluding hydrogens is 389 g/mol. The molecule has 3 aromatic rings. The fraction of sp³-hybridized carbons (Fsp3) is 0.100. The molecule has 138 valence electrons. The Balaban J connectivity index is 2.17. The van der Waals surface area contributed by atoms with Gasteiger partial charge in [0.25, 0.3) is 0 Å². The summed E-state index contributed by atoms with van der Waals surface area (Å²) in [5.74, 6) is -1.48. The van der Waals surface area contributed by atoms with Crippen LogP contribution in [0.3, 0.4) is 0 Å². The minimum absolute atomic E-state index is 0.0173. The molecule has 27 heavy (non-hydrogen) atoms. The monoisotopic (exact) mass is 403 g/mol. The first-order valence-corrected chi connectivity index (χ1v) is 8.72. The van der Waals surface area contributed by atoms with Crippen molar-refractivity contribution in [2.24, 2.45) is 0 Å². The molecular formula is C20H15Cl2NO4. The predicted octanol–water partition coefficient (Wildman–Crippen LogP) is 4.67. The van der Waals surface area contributed by atoms with Gasteiger partial charge in [-0.2, -0.15) is 0 Å². The molecule has 1 aromatic heterocycles. The first-order valence-electron chi connectivity index (χ1n) is 7.97. The minimum atomic E-state index is -1.33. The van der Waals surface area contributed by atoms with Gasteiger partial charge in [0.15, 0.2) is 0 Å². The number of aromatic nitrogens is 1. The quantitative estimate of drug-likeness (QED) is 0.606. The van der Waals surface area contributed by atoms with Crippen LogP contribution in [0.1, 0.15) is 21.5 Å². The number of fused-ring (bicyclic) bond motifs is 1. The largest absolute Gasteiger partial charge is 0.511 e. The highest BCUT2D eigenvalue weighted by Crippen LogP contribution is 2.28. The van der Waals surface area contributed by atoms with Crippen molar-refractivity contribution in [2.45, 2.75) is 13.0 Å². The van der Waals surface area contributed by atoms with E-state index in [1.807, 2.05) is 12.1 Å². The lowest BCUT2D eigenvalue weighted by Crippen LogP contribution is -2.19. The fourth-order valence-electron chi connectivity index (χ4n) is 2.94. The SMILES string of the molecule is C=C(O)Cn1cc(C(=O)O)c(=O)c2cc(Cc3cccc(Cl)c3Cl)ccc21. The second-order valence-electron chi connectivity index (χ2n) is 6.11. The molecule has 0 amide bonds. The Kier molecular flexibility index (Phi) is 5.26. The third-order valence-electron chi connectivity index (χ3n) is 4.15. The van der Waals surface area contributed by atoms with Gasteiger partial charge in [0.1, 0.15) is 11.3 Å². The lowest BCUT2D eigenvalue weighted by atomic mass is 10.0. The molecule has 0 radical (unpaired) electrons. The van der Waals surface area contributed by atoms with Crippen LogP contribution >= 0.6 is 23.2 Å². The van der Waals surface area contributed by atoms with Crippen molar-refractivity contribution in [3.8, 4) is 0 Å². The summed E-state index contributed by atoms with van der Waals surface area (Å²) in [5.41, 5.74) is 1.11. The molecule has 0 unspecified atom stereocenters. The van der Waals surface area contributed by atoms with Crippen LogP contribution in [-0.2, 0) is 13.0 Å². The van der Waals surface area contributed by atoms with Crippen molar-refractivity contribution in [2.75, 3.05) is 0 Å². The summed E-state index contributed by atoms with van der Waals surface area (Å²) in [6.45, 7) is 3.41. The van der Waals surface area contributed by atoms with Crippen LogP contribution in [0.2, 0.25) is 10.0 Å². The molecule has 5 nitrogen and oxygen atoms in total. The molecule has 0 aliphatic heterocycles. The van der Waals surface area contributed by atoms with E-state index in [-0.39, 0.29) is 23.3 Å². The van der Waals surface area contributed by atoms with Crippen LogP contribution in [0.15, 0.2) is 59.7 Å². The van der Waals surface area contributed by atoms with E-state index >= 15 is 0 Å². The van der Waals surface area contributed by atoms with Crippen molar-refractivity contribution < 1.29 is 15.0 Å². The number of carboxylic acid groups (broad SMARTS) is 1. The summed E-state index contributed by atoms with van der Waals surface area (Å²) in [4.78, 5) is 24.0. The number of aromatic carboxylic acids is 1. The Labute approximate surface area is 164 Å². The van der Waals surface area contributed by atoms with E-state index in [1.54, 1.807) is 24.3 Å². The molecule has 2 aromatic carbocycles. The predicted molar refractivity (Wildman–Crippen MR) is 106 cm³/mol. The van der Waals surface area contributed by atoms with Crippen molar-refractivity contribution in [3.05, 3.63) is 91.9 Å². The standard InChI is InChI=1S/C20H15Cl2NO4/c1-11(24)9-23-10-15(20(26)27)19(25)14-8-12(5-6-17(14)23)7-13-3-2-4-16(21)18(13)22/h2-6,8,10,24H,1,7,9H2,(H,26,27). The van der Waals surface area contributed by atoms with Crippen LogP contribution in [0.25, 0.3) is 10.9 Å². The number of rotatable bonds is 5. The maximum Gasteiger partial charge on any atom is 0.341 e. The van der Waals surface area contributed by atoms with Gasteiger partial charge in [0.2, 0.25) is 5.43 Å². The highest BCUT2D eigenvalue weighted by Gasteiger charge is 2.16. The van der Waals surface area contributed by atoms with Crippen LogP contribution in [0.4, 0.5) is 0 Å². The average molecular weight is 404 g/mol. The van der Waals surface area contributed by atoms with Crippen LogP contribution in [0, 0.1) is 0 Å². The maximum atomic E-state index is 12.6. The molecule has 0 aliphatic carbocycles. The third-order valence-corrected chi connectivity index (χ3v) is 5.01. The number of halogens is 2. The molecule has 0 saturated carbocycles. The Bertz CT molecular complexity index is 1130. The van der Waals surface area contributed by atoms with E-state index < -0.39 is 11.4 Å². The highest BCUT2D eigenvalue weighted by molar-refractivity contribution is 6.42. The number of aliphatic hydroxyl groups is 1. The van der Waals surface area contributed by atoms with Crippen molar-refractivity contribution in [1.82, 2.24) is 4.57 Å². The second kappa shape index (κ2) is 7.47. The maximum absolute atomic E-state index is 12.6. The zero-order chi connectivity index (χ0) is 19.7. The van der Waals surface area contributed by atoms with Gasteiger partial charge in [0, 0.05) is 11.6 Å². The lowest BCUT2D eigenvalue weighted by Gasteiger charge is -2.13. The number of carboxylic acids is 1. The van der Waals surface area contributed by atoms with E-state index in [1.165, 1.54) is 10.8 Å². The minimum Gasteiger partial charge on any atom is -0.511 e. The topological polar surface area (TPSA) is 79.5 Å². The number of nitrogens with zero attached hydrogens (tertiary/aromatic N) is 1. The molecule has 0 spiro atoms. The molecule has 2 N–H and O–H groups in total. The molecule has 0 fully saturated rings. The average Bonchev–Trinajstić information content (AvgIpc) is 2.61. The lowest BCUT2D eigenvalue weighted by molar-refractivity contribution is 0.0694. The number of aliphatic hydroxyl groups excluding tert-OH is 1. The summed E-state index contributed by atoms with van der Waals surface area (Å²) in [5, 5.41) is 19.9. The van der Waals surface area contributed by atoms with Crippen LogP contribution in [0.5, 0.6) is 0 Å². The number of carbonyl (C=O) groups is 1. The summed E-state index contributed by atoms with van der Waals surface area (Å²) >= 11 is 12.3. The molecule has 3 rings (SSSR count). The molecule has 1 heterocycles. The number of pyridine rings is 1. The van der Waals surface area contributed by atoms with Crippen LogP contribution in [-0.4, -0.2) is 20.7 Å². The number of hydrogen-bond acceptors (Lipinski definition) is 3. The number of benzene rings is 2. The Morgan fingerprint density at radius 1 is 1.15 bits per heavy atom. The summed E-state index contributed by atoms with van der Waals surface area (Å²) in [6, 6.07) is 10.5. The fourth-order valence-corrected chi connectivity index (χ4v) is 3.33.